The van der Waals surface area contributed by atoms with E-state index in [2.05, 4.69) is 6.08 Å². The fraction of sp³-hybridized carbons (Fsp3) is 0.560. The molecule has 3 rings (SSSR count). The lowest BCUT2D eigenvalue weighted by Gasteiger charge is -2.36. The quantitative estimate of drug-likeness (QED) is 0.399. The van der Waals surface area contributed by atoms with Gasteiger partial charge < -0.3 is 19.1 Å². The second-order valence-corrected chi connectivity index (χ2v) is 8.18. The van der Waals surface area contributed by atoms with Gasteiger partial charge in [0.05, 0.1) is 25.6 Å². The minimum Gasteiger partial charge on any atom is -0.501 e. The first kappa shape index (κ1) is 23.5. The molecule has 1 aliphatic carbocycles. The highest BCUT2D eigenvalue weighted by atomic mass is 19.1. The highest BCUT2D eigenvalue weighted by Crippen LogP contribution is 2.37. The zero-order chi connectivity index (χ0) is 22.1. The zero-order valence-electron chi connectivity index (χ0n) is 18.6. The van der Waals surface area contributed by atoms with E-state index in [-0.39, 0.29) is 17.8 Å². The Morgan fingerprint density at radius 3 is 2.97 bits per heavy atom. The van der Waals surface area contributed by atoms with Crippen molar-refractivity contribution in [1.29, 1.82) is 0 Å². The normalized spacial score (nSPS) is 20.5. The second-order valence-electron chi connectivity index (χ2n) is 8.18. The summed E-state index contributed by atoms with van der Waals surface area (Å²) in [6.45, 7) is 2.31. The number of methoxy groups -OCH3 is 2. The van der Waals surface area contributed by atoms with Crippen molar-refractivity contribution in [1.82, 2.24) is 4.90 Å². The van der Waals surface area contributed by atoms with Crippen LogP contribution in [0.15, 0.2) is 36.1 Å². The number of halogens is 1. The van der Waals surface area contributed by atoms with Crippen molar-refractivity contribution in [3.63, 3.8) is 0 Å². The van der Waals surface area contributed by atoms with Gasteiger partial charge in [-0.3, -0.25) is 4.79 Å². The Hall–Kier alpha value is -2.18. The molecule has 1 heterocycles. The van der Waals surface area contributed by atoms with Gasteiger partial charge in [0.1, 0.15) is 5.82 Å². The van der Waals surface area contributed by atoms with E-state index >= 15 is 4.39 Å². The van der Waals surface area contributed by atoms with Gasteiger partial charge in [0.25, 0.3) is 0 Å². The van der Waals surface area contributed by atoms with Gasteiger partial charge in [0.15, 0.2) is 0 Å². The summed E-state index contributed by atoms with van der Waals surface area (Å²) in [4.78, 5) is 13.2. The lowest BCUT2D eigenvalue weighted by Crippen LogP contribution is -2.44. The van der Waals surface area contributed by atoms with Crippen LogP contribution in [-0.2, 0) is 19.0 Å². The highest BCUT2D eigenvalue weighted by Gasteiger charge is 2.31. The average molecular weight is 432 g/mol. The lowest BCUT2D eigenvalue weighted by molar-refractivity contribution is -0.126. The first-order valence-corrected chi connectivity index (χ1v) is 11.2. The summed E-state index contributed by atoms with van der Waals surface area (Å²) in [5.41, 5.74) is 2.44. The molecule has 1 saturated heterocycles. The van der Waals surface area contributed by atoms with Crippen molar-refractivity contribution < 1.29 is 23.4 Å². The van der Waals surface area contributed by atoms with E-state index in [0.717, 1.165) is 61.8 Å². The maximum atomic E-state index is 15.3. The molecule has 0 spiro atoms. The predicted molar refractivity (Wildman–Crippen MR) is 119 cm³/mol. The van der Waals surface area contributed by atoms with Crippen LogP contribution in [0.4, 0.5) is 4.39 Å². The molecule has 1 aliphatic heterocycles. The number of carbonyl (C=O) groups excluding carboxylic acids is 1. The molecule has 1 aromatic carbocycles. The van der Waals surface area contributed by atoms with Gasteiger partial charge in [-0.05, 0) is 49.0 Å². The fourth-order valence-corrected chi connectivity index (χ4v) is 4.52. The summed E-state index contributed by atoms with van der Waals surface area (Å²) in [6, 6.07) is 5.30. The minimum absolute atomic E-state index is 0.0196. The van der Waals surface area contributed by atoms with Crippen LogP contribution >= 0.6 is 0 Å². The van der Waals surface area contributed by atoms with Crippen LogP contribution in [-0.4, -0.2) is 57.9 Å². The first-order valence-electron chi connectivity index (χ1n) is 11.2. The number of hydrogen-bond acceptors (Lipinski definition) is 4. The molecule has 0 aromatic heterocycles. The Kier molecular flexibility index (Phi) is 9.10. The van der Waals surface area contributed by atoms with Crippen molar-refractivity contribution in [2.75, 3.05) is 40.5 Å². The summed E-state index contributed by atoms with van der Waals surface area (Å²) >= 11 is 0. The molecule has 6 heteroatoms. The number of amides is 1. The Morgan fingerprint density at radius 1 is 1.32 bits per heavy atom. The van der Waals surface area contributed by atoms with E-state index in [1.54, 1.807) is 25.2 Å². The van der Waals surface area contributed by atoms with Crippen molar-refractivity contribution >= 4 is 12.0 Å². The smallest absolute Gasteiger partial charge is 0.209 e. The van der Waals surface area contributed by atoms with Gasteiger partial charge in [-0.2, -0.15) is 0 Å². The minimum atomic E-state index is -0.234. The van der Waals surface area contributed by atoms with Crippen molar-refractivity contribution in [2.45, 2.75) is 50.5 Å². The van der Waals surface area contributed by atoms with E-state index in [4.69, 9.17) is 14.2 Å². The summed E-state index contributed by atoms with van der Waals surface area (Å²) < 4.78 is 32.1. The molecular formula is C25H34FNO4. The van der Waals surface area contributed by atoms with E-state index in [1.165, 1.54) is 6.07 Å². The van der Waals surface area contributed by atoms with Crippen LogP contribution in [0.2, 0.25) is 0 Å². The Labute approximate surface area is 184 Å². The average Bonchev–Trinajstić information content (AvgIpc) is 3.04. The van der Waals surface area contributed by atoms with Gasteiger partial charge in [0.2, 0.25) is 6.41 Å². The summed E-state index contributed by atoms with van der Waals surface area (Å²) in [6.07, 6.45) is 10.2. The second kappa shape index (κ2) is 12.0. The molecule has 2 aliphatic rings. The van der Waals surface area contributed by atoms with Gasteiger partial charge in [0, 0.05) is 44.7 Å². The van der Waals surface area contributed by atoms with Crippen LogP contribution in [0.1, 0.15) is 55.6 Å². The van der Waals surface area contributed by atoms with Crippen LogP contribution in [0, 0.1) is 5.82 Å². The third kappa shape index (κ3) is 6.17. The van der Waals surface area contributed by atoms with Gasteiger partial charge in [-0.15, -0.1) is 0 Å². The van der Waals surface area contributed by atoms with Crippen molar-refractivity contribution in [3.05, 3.63) is 53.1 Å². The predicted octanol–water partition coefficient (Wildman–Crippen LogP) is 4.68. The van der Waals surface area contributed by atoms with Crippen molar-refractivity contribution in [3.8, 4) is 0 Å². The van der Waals surface area contributed by atoms with E-state index in [1.807, 2.05) is 12.1 Å². The molecule has 170 valence electrons. The molecule has 31 heavy (non-hydrogen) atoms. The number of carbonyl (C=O) groups is 1. The maximum absolute atomic E-state index is 15.3. The first-order chi connectivity index (χ1) is 15.2. The fourth-order valence-electron chi connectivity index (χ4n) is 4.52. The highest BCUT2D eigenvalue weighted by molar-refractivity contribution is 5.77. The molecule has 1 fully saturated rings. The van der Waals surface area contributed by atoms with Crippen molar-refractivity contribution in [2.24, 2.45) is 0 Å². The Bertz CT molecular complexity index is 792. The molecular weight excluding hydrogens is 397 g/mol. The molecule has 5 nitrogen and oxygen atoms in total. The third-order valence-corrected chi connectivity index (χ3v) is 6.14. The number of unbranched alkanes of at least 4 members (excludes halogenated alkanes) is 1. The molecule has 2 atom stereocenters. The topological polar surface area (TPSA) is 48.0 Å². The Balaban J connectivity index is 1.99. The molecule has 1 amide bonds. The molecule has 1 aromatic rings. The number of benzene rings is 1. The maximum Gasteiger partial charge on any atom is 0.209 e. The number of hydrogen-bond donors (Lipinski definition) is 0. The van der Waals surface area contributed by atoms with Crippen LogP contribution in [0.5, 0.6) is 0 Å². The van der Waals surface area contributed by atoms with Gasteiger partial charge in [-0.1, -0.05) is 24.6 Å². The molecule has 2 unspecified atom stereocenters. The Morgan fingerprint density at radius 2 is 2.19 bits per heavy atom. The number of nitrogens with zero attached hydrogens (tertiary/aromatic N) is 1. The van der Waals surface area contributed by atoms with Gasteiger partial charge in [-0.25, -0.2) is 4.39 Å². The SMILES string of the molecule is COCCCCC(c1cccc(F)c1C1=CCCCC(OC)=C1)C1CN(C=O)CCO1. The summed E-state index contributed by atoms with van der Waals surface area (Å²) in [7, 11) is 3.37. The molecule has 0 bridgehead atoms. The molecule has 0 saturated carbocycles. The number of allylic oxidation sites excluding steroid dienone is 4. The third-order valence-electron chi connectivity index (χ3n) is 6.14. The monoisotopic (exact) mass is 431 g/mol. The lowest BCUT2D eigenvalue weighted by atomic mass is 9.82. The largest absolute Gasteiger partial charge is 0.501 e. The summed E-state index contributed by atoms with van der Waals surface area (Å²) in [5.74, 6) is 0.617. The van der Waals surface area contributed by atoms with E-state index < -0.39 is 0 Å². The molecule has 0 N–H and O–H groups in total. The van der Waals surface area contributed by atoms with Crippen LogP contribution < -0.4 is 0 Å². The number of ether oxygens (including phenoxy) is 3. The summed E-state index contributed by atoms with van der Waals surface area (Å²) in [5, 5.41) is 0. The number of morpholine rings is 1. The standard InChI is InChI=1S/C25H34FNO4/c1-29-14-6-5-10-21(24-17-27(18-28)13-15-31-24)22-11-7-12-23(26)25(22)19-8-3-4-9-20(16-19)30-2/h7-8,11-12,16,18,21,24H,3-6,9-10,13-15,17H2,1-2H3. The zero-order valence-corrected chi connectivity index (χ0v) is 18.6. The van der Waals surface area contributed by atoms with Crippen LogP contribution in [0.25, 0.3) is 5.57 Å². The van der Waals surface area contributed by atoms with Gasteiger partial charge >= 0.3 is 0 Å². The molecule has 0 radical (unpaired) electrons. The van der Waals surface area contributed by atoms with Crippen LogP contribution in [0.3, 0.4) is 0 Å². The number of rotatable bonds is 10. The van der Waals surface area contributed by atoms with E-state index in [9.17, 15) is 4.79 Å². The van der Waals surface area contributed by atoms with E-state index in [0.29, 0.717) is 31.9 Å².